The topological polar surface area (TPSA) is 75.4 Å². The van der Waals surface area contributed by atoms with E-state index in [2.05, 4.69) is 5.32 Å². The van der Waals surface area contributed by atoms with E-state index < -0.39 is 0 Å². The Kier molecular flexibility index (Phi) is 3.64. The van der Waals surface area contributed by atoms with Gasteiger partial charge in [-0.15, -0.1) is 0 Å². The van der Waals surface area contributed by atoms with Crippen molar-refractivity contribution in [1.29, 1.82) is 0 Å². The minimum Gasteiger partial charge on any atom is -0.508 e. The molecule has 4 heteroatoms. The molecule has 0 aromatic heterocycles. The number of hydrogen-bond acceptors (Lipinski definition) is 3. The maximum absolute atomic E-state index is 11.8. The number of carbonyl (C=O) groups is 1. The quantitative estimate of drug-likeness (QED) is 0.734. The van der Waals surface area contributed by atoms with E-state index in [-0.39, 0.29) is 23.6 Å². The van der Waals surface area contributed by atoms with Crippen molar-refractivity contribution in [2.45, 2.75) is 31.8 Å². The Morgan fingerprint density at radius 1 is 1.35 bits per heavy atom. The summed E-state index contributed by atoms with van der Waals surface area (Å²) in [4.78, 5) is 11.8. The Bertz CT molecular complexity index is 389. The molecular weight excluding hydrogens is 216 g/mol. The second-order valence-electron chi connectivity index (χ2n) is 4.65. The summed E-state index contributed by atoms with van der Waals surface area (Å²) in [5.41, 5.74) is 6.76. The monoisotopic (exact) mass is 234 g/mol. The fourth-order valence-corrected chi connectivity index (χ4v) is 2.20. The molecule has 0 aliphatic heterocycles. The Hall–Kier alpha value is -1.55. The lowest BCUT2D eigenvalue weighted by Gasteiger charge is -2.10. The van der Waals surface area contributed by atoms with Gasteiger partial charge in [0.15, 0.2) is 0 Å². The second kappa shape index (κ2) is 5.19. The summed E-state index contributed by atoms with van der Waals surface area (Å²) in [5, 5.41) is 12.0. The van der Waals surface area contributed by atoms with Crippen molar-refractivity contribution in [3.8, 4) is 5.75 Å². The first kappa shape index (κ1) is 11.9. The van der Waals surface area contributed by atoms with E-state index in [0.29, 0.717) is 6.54 Å². The highest BCUT2D eigenvalue weighted by atomic mass is 16.3. The molecule has 0 heterocycles. The van der Waals surface area contributed by atoms with Crippen LogP contribution < -0.4 is 11.1 Å². The van der Waals surface area contributed by atoms with Gasteiger partial charge in [-0.05, 0) is 37.0 Å². The number of aromatic hydroxyl groups is 1. The van der Waals surface area contributed by atoms with Gasteiger partial charge in [0.25, 0.3) is 0 Å². The van der Waals surface area contributed by atoms with Crippen LogP contribution in [0.3, 0.4) is 0 Å². The van der Waals surface area contributed by atoms with Gasteiger partial charge in [-0.1, -0.05) is 12.1 Å². The number of phenols is 1. The summed E-state index contributed by atoms with van der Waals surface area (Å²) in [6.45, 7) is 0.505. The van der Waals surface area contributed by atoms with Crippen LogP contribution in [0.5, 0.6) is 5.75 Å². The number of nitrogens with one attached hydrogen (secondary N) is 1. The molecule has 1 aromatic rings. The number of carbonyl (C=O) groups excluding carboxylic acids is 1. The molecule has 1 aliphatic carbocycles. The minimum absolute atomic E-state index is 0.0714. The molecule has 2 unspecified atom stereocenters. The third-order valence-corrected chi connectivity index (χ3v) is 3.25. The van der Waals surface area contributed by atoms with Crippen LogP contribution in [0.15, 0.2) is 24.3 Å². The van der Waals surface area contributed by atoms with E-state index in [1.165, 1.54) is 0 Å². The van der Waals surface area contributed by atoms with Crippen LogP contribution in [0, 0.1) is 5.92 Å². The van der Waals surface area contributed by atoms with Gasteiger partial charge in [-0.25, -0.2) is 0 Å². The molecule has 17 heavy (non-hydrogen) atoms. The molecule has 0 radical (unpaired) electrons. The van der Waals surface area contributed by atoms with Crippen molar-refractivity contribution in [1.82, 2.24) is 5.32 Å². The van der Waals surface area contributed by atoms with Crippen LogP contribution in [-0.4, -0.2) is 17.1 Å². The predicted molar refractivity (Wildman–Crippen MR) is 65.3 cm³/mol. The molecule has 1 aliphatic rings. The van der Waals surface area contributed by atoms with Gasteiger partial charge in [0.05, 0.1) is 0 Å². The number of rotatable bonds is 3. The Morgan fingerprint density at radius 2 is 2.06 bits per heavy atom. The standard InChI is InChI=1S/C13H18N2O2/c14-11-4-3-10(7-11)13(17)15-8-9-1-5-12(16)6-2-9/h1-2,5-6,10-11,16H,3-4,7-8,14H2,(H,15,17). The molecular formula is C13H18N2O2. The molecule has 92 valence electrons. The largest absolute Gasteiger partial charge is 0.508 e. The van der Waals surface area contributed by atoms with Crippen molar-refractivity contribution in [3.63, 3.8) is 0 Å². The van der Waals surface area contributed by atoms with E-state index >= 15 is 0 Å². The Balaban J connectivity index is 1.82. The SMILES string of the molecule is NC1CCC(C(=O)NCc2ccc(O)cc2)C1. The average Bonchev–Trinajstić information content (AvgIpc) is 2.75. The summed E-state index contributed by atoms with van der Waals surface area (Å²) in [6, 6.07) is 7.02. The maximum Gasteiger partial charge on any atom is 0.223 e. The molecule has 4 nitrogen and oxygen atoms in total. The molecule has 1 amide bonds. The highest BCUT2D eigenvalue weighted by molar-refractivity contribution is 5.79. The minimum atomic E-state index is 0.0714. The van der Waals surface area contributed by atoms with E-state index in [1.54, 1.807) is 24.3 Å². The smallest absolute Gasteiger partial charge is 0.223 e. The van der Waals surface area contributed by atoms with Gasteiger partial charge in [-0.2, -0.15) is 0 Å². The van der Waals surface area contributed by atoms with Crippen molar-refractivity contribution < 1.29 is 9.90 Å². The molecule has 1 saturated carbocycles. The molecule has 4 N–H and O–H groups in total. The van der Waals surface area contributed by atoms with E-state index in [1.807, 2.05) is 0 Å². The van der Waals surface area contributed by atoms with Gasteiger partial charge in [0.2, 0.25) is 5.91 Å². The summed E-state index contributed by atoms with van der Waals surface area (Å²) >= 11 is 0. The number of nitrogens with two attached hydrogens (primary N) is 1. The lowest BCUT2D eigenvalue weighted by molar-refractivity contribution is -0.125. The molecule has 2 rings (SSSR count). The summed E-state index contributed by atoms with van der Waals surface area (Å²) < 4.78 is 0. The van der Waals surface area contributed by atoms with Crippen LogP contribution in [0.2, 0.25) is 0 Å². The lowest BCUT2D eigenvalue weighted by atomic mass is 10.1. The average molecular weight is 234 g/mol. The fraction of sp³-hybridized carbons (Fsp3) is 0.462. The molecule has 1 aromatic carbocycles. The summed E-state index contributed by atoms with van der Waals surface area (Å²) in [6.07, 6.45) is 2.63. The third kappa shape index (κ3) is 3.20. The zero-order valence-corrected chi connectivity index (χ0v) is 9.73. The highest BCUT2D eigenvalue weighted by Gasteiger charge is 2.27. The van der Waals surface area contributed by atoms with E-state index in [4.69, 9.17) is 10.8 Å². The van der Waals surface area contributed by atoms with Crippen molar-refractivity contribution >= 4 is 5.91 Å². The highest BCUT2D eigenvalue weighted by Crippen LogP contribution is 2.24. The van der Waals surface area contributed by atoms with Crippen LogP contribution >= 0.6 is 0 Å². The van der Waals surface area contributed by atoms with Gasteiger partial charge >= 0.3 is 0 Å². The zero-order chi connectivity index (χ0) is 12.3. The first-order valence-corrected chi connectivity index (χ1v) is 5.96. The van der Waals surface area contributed by atoms with Gasteiger partial charge in [0, 0.05) is 18.5 Å². The predicted octanol–water partition coefficient (Wildman–Crippen LogP) is 1.14. The summed E-state index contributed by atoms with van der Waals surface area (Å²) in [5.74, 6) is 0.398. The number of hydrogen-bond donors (Lipinski definition) is 3. The normalized spacial score (nSPS) is 23.6. The third-order valence-electron chi connectivity index (χ3n) is 3.25. The fourth-order valence-electron chi connectivity index (χ4n) is 2.20. The van der Waals surface area contributed by atoms with Crippen molar-refractivity contribution in [2.75, 3.05) is 0 Å². The van der Waals surface area contributed by atoms with Crippen molar-refractivity contribution in [3.05, 3.63) is 29.8 Å². The van der Waals surface area contributed by atoms with Crippen molar-refractivity contribution in [2.24, 2.45) is 11.7 Å². The first-order valence-electron chi connectivity index (χ1n) is 5.96. The molecule has 1 fully saturated rings. The zero-order valence-electron chi connectivity index (χ0n) is 9.73. The lowest BCUT2D eigenvalue weighted by Crippen LogP contribution is -2.29. The number of benzene rings is 1. The number of phenolic OH excluding ortho intramolecular Hbond substituents is 1. The number of amides is 1. The van der Waals surface area contributed by atoms with Crippen LogP contribution in [-0.2, 0) is 11.3 Å². The second-order valence-corrected chi connectivity index (χ2v) is 4.65. The van der Waals surface area contributed by atoms with Crippen LogP contribution in [0.25, 0.3) is 0 Å². The van der Waals surface area contributed by atoms with Gasteiger partial charge in [0.1, 0.15) is 5.75 Å². The van der Waals surface area contributed by atoms with E-state index in [9.17, 15) is 4.79 Å². The maximum atomic E-state index is 11.8. The Labute approximate surface area is 101 Å². The molecule has 0 spiro atoms. The van der Waals surface area contributed by atoms with Gasteiger partial charge in [-0.3, -0.25) is 4.79 Å². The van der Waals surface area contributed by atoms with Gasteiger partial charge < -0.3 is 16.2 Å². The Morgan fingerprint density at radius 3 is 2.65 bits per heavy atom. The van der Waals surface area contributed by atoms with Crippen LogP contribution in [0.1, 0.15) is 24.8 Å². The van der Waals surface area contributed by atoms with E-state index in [0.717, 1.165) is 24.8 Å². The first-order chi connectivity index (χ1) is 8.15. The molecule has 2 atom stereocenters. The molecule has 0 saturated heterocycles. The summed E-state index contributed by atoms with van der Waals surface area (Å²) in [7, 11) is 0. The molecule has 0 bridgehead atoms. The van der Waals surface area contributed by atoms with Crippen LogP contribution in [0.4, 0.5) is 0 Å².